The van der Waals surface area contributed by atoms with Crippen LogP contribution in [0.4, 0.5) is 0 Å². The zero-order valence-electron chi connectivity index (χ0n) is 16.1. The van der Waals surface area contributed by atoms with Crippen molar-refractivity contribution in [1.82, 2.24) is 9.13 Å². The van der Waals surface area contributed by atoms with Crippen LogP contribution in [0.5, 0.6) is 0 Å². The lowest BCUT2D eigenvalue weighted by Gasteiger charge is -2.54. The third-order valence-electron chi connectivity index (χ3n) is 4.34. The topological polar surface area (TPSA) is 6.48 Å². The molecule has 0 heterocycles. The summed E-state index contributed by atoms with van der Waals surface area (Å²) in [7, 11) is -1.87. The van der Waals surface area contributed by atoms with Gasteiger partial charge in [0, 0.05) is 0 Å². The highest BCUT2D eigenvalue weighted by molar-refractivity contribution is 6.79. The van der Waals surface area contributed by atoms with E-state index in [0.29, 0.717) is 24.2 Å². The highest BCUT2D eigenvalue weighted by atomic mass is 28.3. The van der Waals surface area contributed by atoms with E-state index in [4.69, 9.17) is 0 Å². The first-order valence-electron chi connectivity index (χ1n) is 8.86. The first-order chi connectivity index (χ1) is 9.65. The SMILES string of the molecule is C=C[Si](CCCC)(N(C(C)C)C(C)C)N(C(C)C)C(C)C. The van der Waals surface area contributed by atoms with Crippen molar-refractivity contribution in [2.75, 3.05) is 0 Å². The van der Waals surface area contributed by atoms with E-state index in [1.165, 1.54) is 18.9 Å². The third-order valence-corrected chi connectivity index (χ3v) is 9.94. The minimum Gasteiger partial charge on any atom is -0.304 e. The molecule has 0 rings (SSSR count). The normalized spacial score (nSPS) is 13.5. The van der Waals surface area contributed by atoms with Gasteiger partial charge in [0.1, 0.15) is 0 Å². The van der Waals surface area contributed by atoms with Gasteiger partial charge in [0.25, 0.3) is 0 Å². The molecule has 0 unspecified atom stereocenters. The molecule has 0 amide bonds. The molecule has 0 radical (unpaired) electrons. The van der Waals surface area contributed by atoms with Crippen LogP contribution in [0.2, 0.25) is 6.04 Å². The predicted octanol–water partition coefficient (Wildman–Crippen LogP) is 5.19. The van der Waals surface area contributed by atoms with Crippen LogP contribution >= 0.6 is 0 Å². The van der Waals surface area contributed by atoms with Crippen molar-refractivity contribution in [1.29, 1.82) is 0 Å². The number of hydrogen-bond donors (Lipinski definition) is 0. The van der Waals surface area contributed by atoms with E-state index >= 15 is 0 Å². The zero-order chi connectivity index (χ0) is 16.8. The summed E-state index contributed by atoms with van der Waals surface area (Å²) >= 11 is 0. The minimum absolute atomic E-state index is 0.562. The first kappa shape index (κ1) is 20.9. The molecule has 0 bridgehead atoms. The molecule has 0 saturated heterocycles. The van der Waals surface area contributed by atoms with Crippen LogP contribution in [0.15, 0.2) is 12.3 Å². The molecular weight excluding hydrogens is 272 g/mol. The molecule has 21 heavy (non-hydrogen) atoms. The molecule has 0 aromatic heterocycles. The van der Waals surface area contributed by atoms with Crippen LogP contribution in [-0.4, -0.2) is 41.7 Å². The Morgan fingerprint density at radius 1 is 0.810 bits per heavy atom. The van der Waals surface area contributed by atoms with Gasteiger partial charge in [0.2, 0.25) is 8.40 Å². The molecule has 0 atom stereocenters. The Morgan fingerprint density at radius 2 is 1.14 bits per heavy atom. The van der Waals surface area contributed by atoms with Crippen LogP contribution in [0.3, 0.4) is 0 Å². The molecule has 0 N–H and O–H groups in total. The summed E-state index contributed by atoms with van der Waals surface area (Å²) in [6, 6.07) is 3.54. The van der Waals surface area contributed by atoms with Crippen LogP contribution in [0.25, 0.3) is 0 Å². The number of unbranched alkanes of at least 4 members (excludes halogenated alkanes) is 1. The van der Waals surface area contributed by atoms with Gasteiger partial charge in [-0.2, -0.15) is 0 Å². The van der Waals surface area contributed by atoms with Crippen LogP contribution in [0.1, 0.15) is 75.2 Å². The van der Waals surface area contributed by atoms with Crippen molar-refractivity contribution in [3.05, 3.63) is 12.3 Å². The Hall–Kier alpha value is -0.123. The standard InChI is InChI=1S/C18H40N2Si/c1-11-13-14-21(12-2,19(15(3)4)16(5)6)20(17(7)8)18(9)10/h12,15-18H,2,11,13-14H2,1,3-10H3. The maximum Gasteiger partial charge on any atom is 0.232 e. The van der Waals surface area contributed by atoms with E-state index in [1.807, 2.05) is 0 Å². The van der Waals surface area contributed by atoms with Crippen LogP contribution in [0, 0.1) is 0 Å². The maximum absolute atomic E-state index is 4.34. The Balaban J connectivity index is 5.97. The van der Waals surface area contributed by atoms with Crippen molar-refractivity contribution >= 4 is 8.40 Å². The largest absolute Gasteiger partial charge is 0.304 e. The van der Waals surface area contributed by atoms with Gasteiger partial charge in [-0.25, -0.2) is 0 Å². The summed E-state index contributed by atoms with van der Waals surface area (Å²) in [5.41, 5.74) is 2.35. The minimum atomic E-state index is -1.87. The monoisotopic (exact) mass is 312 g/mol. The van der Waals surface area contributed by atoms with Gasteiger partial charge in [0.15, 0.2) is 0 Å². The van der Waals surface area contributed by atoms with E-state index in [2.05, 4.69) is 83.7 Å². The van der Waals surface area contributed by atoms with Crippen LogP contribution in [-0.2, 0) is 0 Å². The van der Waals surface area contributed by atoms with Gasteiger partial charge in [0.05, 0.1) is 0 Å². The lowest BCUT2D eigenvalue weighted by molar-refractivity contribution is 0.207. The Morgan fingerprint density at radius 3 is 1.33 bits per heavy atom. The molecule has 0 aromatic rings. The second kappa shape index (κ2) is 9.11. The van der Waals surface area contributed by atoms with Crippen molar-refractivity contribution < 1.29 is 0 Å². The molecule has 0 aromatic carbocycles. The lowest BCUT2D eigenvalue weighted by Crippen LogP contribution is -2.71. The summed E-state index contributed by atoms with van der Waals surface area (Å²) in [6.45, 7) is 25.4. The Kier molecular flexibility index (Phi) is 9.06. The molecule has 0 spiro atoms. The third kappa shape index (κ3) is 4.94. The van der Waals surface area contributed by atoms with E-state index < -0.39 is 8.40 Å². The van der Waals surface area contributed by atoms with Gasteiger partial charge in [-0.05, 0) is 30.2 Å². The average molecular weight is 313 g/mol. The first-order valence-corrected chi connectivity index (χ1v) is 11.0. The second-order valence-electron chi connectivity index (χ2n) is 7.38. The molecule has 0 saturated carbocycles. The van der Waals surface area contributed by atoms with Gasteiger partial charge < -0.3 is 9.13 Å². The molecule has 0 fully saturated rings. The summed E-state index contributed by atoms with van der Waals surface area (Å²) in [5.74, 6) is 0. The molecule has 0 aliphatic carbocycles. The lowest BCUT2D eigenvalue weighted by atomic mass is 10.3. The zero-order valence-corrected chi connectivity index (χ0v) is 17.1. The molecule has 2 nitrogen and oxygen atoms in total. The van der Waals surface area contributed by atoms with Gasteiger partial charge >= 0.3 is 0 Å². The Labute approximate surface area is 135 Å². The second-order valence-corrected chi connectivity index (χ2v) is 11.1. The van der Waals surface area contributed by atoms with Gasteiger partial charge in [-0.3, -0.25) is 0 Å². The van der Waals surface area contributed by atoms with E-state index in [1.54, 1.807) is 0 Å². The van der Waals surface area contributed by atoms with Crippen molar-refractivity contribution in [3.63, 3.8) is 0 Å². The number of nitrogens with zero attached hydrogens (tertiary/aromatic N) is 2. The van der Waals surface area contributed by atoms with E-state index in [-0.39, 0.29) is 0 Å². The van der Waals surface area contributed by atoms with E-state index in [9.17, 15) is 0 Å². The molecule has 126 valence electrons. The van der Waals surface area contributed by atoms with Gasteiger partial charge in [-0.1, -0.05) is 80.9 Å². The van der Waals surface area contributed by atoms with Crippen molar-refractivity contribution in [3.8, 4) is 0 Å². The summed E-state index contributed by atoms with van der Waals surface area (Å²) in [4.78, 5) is 0. The predicted molar refractivity (Wildman–Crippen MR) is 99.9 cm³/mol. The molecule has 0 aliphatic rings. The smallest absolute Gasteiger partial charge is 0.232 e. The fourth-order valence-electron chi connectivity index (χ4n) is 4.12. The number of rotatable bonds is 10. The summed E-state index contributed by atoms with van der Waals surface area (Å²) in [6.07, 6.45) is 2.56. The van der Waals surface area contributed by atoms with Crippen molar-refractivity contribution in [2.24, 2.45) is 0 Å². The fourth-order valence-corrected chi connectivity index (χ4v) is 9.98. The maximum atomic E-state index is 4.34. The Bertz CT molecular complexity index is 262. The van der Waals surface area contributed by atoms with Crippen molar-refractivity contribution in [2.45, 2.75) is 105 Å². The summed E-state index contributed by atoms with van der Waals surface area (Å²) in [5, 5.41) is 0. The summed E-state index contributed by atoms with van der Waals surface area (Å²) < 4.78 is 5.57. The molecule has 3 heteroatoms. The molecule has 0 aliphatic heterocycles. The highest BCUT2D eigenvalue weighted by Crippen LogP contribution is 2.32. The fraction of sp³-hybridized carbons (Fsp3) is 0.889. The molecular formula is C18H40N2Si. The van der Waals surface area contributed by atoms with Gasteiger partial charge in [-0.15, -0.1) is 6.58 Å². The van der Waals surface area contributed by atoms with E-state index in [0.717, 1.165) is 0 Å². The quantitative estimate of drug-likeness (QED) is 0.512. The number of hydrogen-bond acceptors (Lipinski definition) is 2. The van der Waals surface area contributed by atoms with Crippen LogP contribution < -0.4 is 0 Å². The average Bonchev–Trinajstić information content (AvgIpc) is 2.33. The highest BCUT2D eigenvalue weighted by Gasteiger charge is 2.46.